The van der Waals surface area contributed by atoms with Crippen molar-refractivity contribution >= 4 is 28.5 Å². The minimum atomic E-state index is -1.14. The van der Waals surface area contributed by atoms with Crippen LogP contribution in [0.5, 0.6) is 5.75 Å². The predicted octanol–water partition coefficient (Wildman–Crippen LogP) is 7.45. The maximum Gasteiger partial charge on any atom is 0.337 e. The first-order chi connectivity index (χ1) is 22.2. The van der Waals surface area contributed by atoms with E-state index in [4.69, 9.17) is 19.4 Å². The zero-order chi connectivity index (χ0) is 33.7. The van der Waals surface area contributed by atoms with Crippen LogP contribution >= 0.6 is 0 Å². The monoisotopic (exact) mass is 637 g/mol. The molecule has 0 saturated carbocycles. The summed E-state index contributed by atoms with van der Waals surface area (Å²) in [5, 5.41) is 11.5. The number of fused-ring (bicyclic) bond motifs is 2. The molecule has 1 atom stereocenters. The fourth-order valence-electron chi connectivity index (χ4n) is 6.91. The summed E-state index contributed by atoms with van der Waals surface area (Å²) in [6.45, 7) is 17.4. The van der Waals surface area contributed by atoms with Crippen LogP contribution in [-0.4, -0.2) is 58.4 Å². The number of carbonyl (C=O) groups is 1. The molecule has 2 aliphatic heterocycles. The van der Waals surface area contributed by atoms with Crippen molar-refractivity contribution in [3.05, 3.63) is 70.7 Å². The average molecular weight is 638 g/mol. The topological polar surface area (TPSA) is 101 Å². The van der Waals surface area contributed by atoms with E-state index in [0.29, 0.717) is 23.8 Å². The molecule has 9 heteroatoms. The second kappa shape index (κ2) is 12.4. The Morgan fingerprint density at radius 3 is 2.38 bits per heavy atom. The Morgan fingerprint density at radius 2 is 1.70 bits per heavy atom. The summed E-state index contributed by atoms with van der Waals surface area (Å²) in [4.78, 5) is 32.0. The number of carboxylic acids is 1. The van der Waals surface area contributed by atoms with Gasteiger partial charge in [0, 0.05) is 66.3 Å². The van der Waals surface area contributed by atoms with E-state index in [2.05, 4.69) is 46.8 Å². The number of carboxylic acid groups (broad SMARTS) is 1. The number of aliphatic carboxylic acids is 1. The molecule has 4 aromatic rings. The van der Waals surface area contributed by atoms with Crippen molar-refractivity contribution in [1.82, 2.24) is 15.0 Å². The lowest BCUT2D eigenvalue weighted by Crippen LogP contribution is -2.39. The van der Waals surface area contributed by atoms with Gasteiger partial charge >= 0.3 is 5.97 Å². The minimum absolute atomic E-state index is 0.237. The van der Waals surface area contributed by atoms with E-state index in [0.717, 1.165) is 78.1 Å². The molecule has 0 radical (unpaired) electrons. The maximum atomic E-state index is 12.9. The molecule has 0 amide bonds. The quantitative estimate of drug-likeness (QED) is 0.221. The number of anilines is 2. The minimum Gasteiger partial charge on any atom is -0.497 e. The number of pyridine rings is 1. The van der Waals surface area contributed by atoms with Gasteiger partial charge in [0.05, 0.1) is 23.9 Å². The number of hydrogen-bond donors (Lipinski definition) is 1. The van der Waals surface area contributed by atoms with Gasteiger partial charge in [-0.2, -0.15) is 0 Å². The summed E-state index contributed by atoms with van der Waals surface area (Å²) in [5.74, 6) is 0.477. The van der Waals surface area contributed by atoms with E-state index < -0.39 is 17.7 Å². The fraction of sp³-hybridized carbons (Fsp3) is 0.474. The maximum absolute atomic E-state index is 12.9. The highest BCUT2D eigenvalue weighted by molar-refractivity contribution is 5.88. The molecule has 4 heterocycles. The summed E-state index contributed by atoms with van der Waals surface area (Å²) in [7, 11) is 1.66. The number of aryl methyl sites for hydroxylation is 2. The molecule has 9 nitrogen and oxygen atoms in total. The summed E-state index contributed by atoms with van der Waals surface area (Å²) in [5.41, 5.74) is 8.18. The normalized spacial score (nSPS) is 17.0. The van der Waals surface area contributed by atoms with Gasteiger partial charge in [-0.15, -0.1) is 0 Å². The molecule has 1 fully saturated rings. The van der Waals surface area contributed by atoms with Crippen molar-refractivity contribution in [1.29, 1.82) is 0 Å². The Bertz CT molecular complexity index is 1820. The number of methoxy groups -OCH3 is 1. The number of benzene rings is 2. The number of hydrogen-bond acceptors (Lipinski definition) is 8. The lowest BCUT2D eigenvalue weighted by molar-refractivity contribution is -0.160. The SMILES string of the molecule is COc1ccc2cnc(N3CCc4cc(-c5c(C)nc(C)c([C@H](OC(C)(C)C)C(=O)O)c5N5CCC(C)(C)CC5)ccc4C3)nc2c1. The molecule has 2 aromatic carbocycles. The van der Waals surface area contributed by atoms with Crippen LogP contribution in [0.15, 0.2) is 42.6 Å². The second-order valence-corrected chi connectivity index (χ2v) is 14.8. The van der Waals surface area contributed by atoms with Gasteiger partial charge < -0.3 is 24.4 Å². The van der Waals surface area contributed by atoms with E-state index in [1.807, 2.05) is 59.0 Å². The molecular weight excluding hydrogens is 590 g/mol. The molecule has 1 saturated heterocycles. The van der Waals surface area contributed by atoms with Gasteiger partial charge in [0.2, 0.25) is 5.95 Å². The zero-order valence-electron chi connectivity index (χ0n) is 29.0. The van der Waals surface area contributed by atoms with Crippen LogP contribution < -0.4 is 14.5 Å². The lowest BCUT2D eigenvalue weighted by atomic mass is 9.81. The number of nitrogens with zero attached hydrogens (tertiary/aromatic N) is 5. The van der Waals surface area contributed by atoms with Crippen LogP contribution in [0.3, 0.4) is 0 Å². The van der Waals surface area contributed by atoms with Gasteiger partial charge in [0.1, 0.15) is 5.75 Å². The largest absolute Gasteiger partial charge is 0.497 e. The van der Waals surface area contributed by atoms with Crippen molar-refractivity contribution in [2.75, 3.05) is 36.5 Å². The van der Waals surface area contributed by atoms with Crippen molar-refractivity contribution in [3.63, 3.8) is 0 Å². The van der Waals surface area contributed by atoms with Gasteiger partial charge in [0.15, 0.2) is 6.10 Å². The lowest BCUT2D eigenvalue weighted by Gasteiger charge is -2.41. The molecule has 2 aliphatic rings. The summed E-state index contributed by atoms with van der Waals surface area (Å²) in [6.07, 6.45) is 3.62. The van der Waals surface area contributed by atoms with Gasteiger partial charge in [-0.25, -0.2) is 14.8 Å². The third-order valence-electron chi connectivity index (χ3n) is 9.54. The Kier molecular flexibility index (Phi) is 8.63. The summed E-state index contributed by atoms with van der Waals surface area (Å²) >= 11 is 0. The van der Waals surface area contributed by atoms with E-state index in [1.54, 1.807) is 7.11 Å². The summed E-state index contributed by atoms with van der Waals surface area (Å²) in [6, 6.07) is 12.5. The van der Waals surface area contributed by atoms with E-state index in [-0.39, 0.29) is 5.41 Å². The van der Waals surface area contributed by atoms with Crippen molar-refractivity contribution in [2.24, 2.45) is 5.41 Å². The van der Waals surface area contributed by atoms with Crippen LogP contribution in [0.25, 0.3) is 22.0 Å². The molecule has 2 aromatic heterocycles. The molecule has 1 N–H and O–H groups in total. The van der Waals surface area contributed by atoms with E-state index in [9.17, 15) is 9.90 Å². The Balaban J connectivity index is 1.40. The predicted molar refractivity (Wildman–Crippen MR) is 186 cm³/mol. The van der Waals surface area contributed by atoms with Crippen LogP contribution in [0.1, 0.15) is 81.6 Å². The van der Waals surface area contributed by atoms with E-state index in [1.165, 1.54) is 11.1 Å². The second-order valence-electron chi connectivity index (χ2n) is 14.8. The first-order valence-electron chi connectivity index (χ1n) is 16.6. The van der Waals surface area contributed by atoms with Crippen molar-refractivity contribution in [2.45, 2.75) is 86.0 Å². The van der Waals surface area contributed by atoms with Gasteiger partial charge in [-0.3, -0.25) is 4.98 Å². The first kappa shape index (κ1) is 32.7. The number of ether oxygens (including phenoxy) is 2. The standard InChI is InChI=1S/C38H47N5O4/c1-23-31(33(42-17-14-38(6,7)15-18-42)32(24(2)40-23)34(35(44)45)47-37(3,4)5)26-9-10-28-22-43(16-13-25(28)19-26)36-39-21-27-11-12-29(46-8)20-30(27)41-36/h9-12,19-21,34H,13-18,22H2,1-8H3,(H,44,45)/t34-/m0/s1. The Labute approximate surface area is 278 Å². The molecule has 0 unspecified atom stereocenters. The third kappa shape index (κ3) is 6.77. The van der Waals surface area contributed by atoms with Gasteiger partial charge in [-0.1, -0.05) is 32.0 Å². The Hall–Kier alpha value is -4.24. The third-order valence-corrected chi connectivity index (χ3v) is 9.54. The Morgan fingerprint density at radius 1 is 0.957 bits per heavy atom. The molecule has 0 aliphatic carbocycles. The van der Waals surface area contributed by atoms with Crippen LogP contribution in [0, 0.1) is 19.3 Å². The van der Waals surface area contributed by atoms with E-state index >= 15 is 0 Å². The van der Waals surface area contributed by atoms with Crippen LogP contribution in [-0.2, 0) is 22.5 Å². The van der Waals surface area contributed by atoms with Crippen LogP contribution in [0.4, 0.5) is 11.6 Å². The molecule has 248 valence electrons. The zero-order valence-corrected chi connectivity index (χ0v) is 29.0. The highest BCUT2D eigenvalue weighted by atomic mass is 16.5. The number of aromatic nitrogens is 3. The molecule has 6 rings (SSSR count). The highest BCUT2D eigenvalue weighted by Gasteiger charge is 2.36. The summed E-state index contributed by atoms with van der Waals surface area (Å²) < 4.78 is 11.7. The first-order valence-corrected chi connectivity index (χ1v) is 16.6. The molecule has 0 spiro atoms. The number of piperidine rings is 1. The highest BCUT2D eigenvalue weighted by Crippen LogP contribution is 2.45. The van der Waals surface area contributed by atoms with Crippen molar-refractivity contribution in [3.8, 4) is 16.9 Å². The smallest absolute Gasteiger partial charge is 0.337 e. The molecule has 0 bridgehead atoms. The van der Waals surface area contributed by atoms with Gasteiger partial charge in [0.25, 0.3) is 0 Å². The number of rotatable bonds is 7. The molecule has 47 heavy (non-hydrogen) atoms. The fourth-order valence-corrected chi connectivity index (χ4v) is 6.91. The average Bonchev–Trinajstić information content (AvgIpc) is 3.02. The van der Waals surface area contributed by atoms with Crippen molar-refractivity contribution < 1.29 is 19.4 Å². The molecular formula is C38H47N5O4. The van der Waals surface area contributed by atoms with Crippen LogP contribution in [0.2, 0.25) is 0 Å². The van der Waals surface area contributed by atoms with Gasteiger partial charge in [-0.05, 0) is 88.1 Å².